The molecule has 0 aliphatic heterocycles. The van der Waals surface area contributed by atoms with Crippen LogP contribution in [0.4, 0.5) is 0 Å². The van der Waals surface area contributed by atoms with E-state index in [9.17, 15) is 14.4 Å². The molecule has 8 nitrogen and oxygen atoms in total. The molecule has 0 spiro atoms. The van der Waals surface area contributed by atoms with E-state index >= 15 is 0 Å². The summed E-state index contributed by atoms with van der Waals surface area (Å²) in [6, 6.07) is 0. The van der Waals surface area contributed by atoms with Gasteiger partial charge in [0.05, 0.1) is 37.4 Å². The molecule has 0 aromatic heterocycles. The molecule has 0 rings (SSSR count). The van der Waals surface area contributed by atoms with Gasteiger partial charge in [-0.3, -0.25) is 19.7 Å². The summed E-state index contributed by atoms with van der Waals surface area (Å²) < 4.78 is 10.7. The zero-order valence-electron chi connectivity index (χ0n) is 16.1. The highest BCUT2D eigenvalue weighted by atomic mass is 16.5. The highest BCUT2D eigenvalue weighted by Crippen LogP contribution is 2.06. The number of hydrogen-bond acceptors (Lipinski definition) is 7. The number of amides is 1. The first-order valence-electron chi connectivity index (χ1n) is 8.53. The number of primary amides is 1. The van der Waals surface area contributed by atoms with E-state index < -0.39 is 17.0 Å². The van der Waals surface area contributed by atoms with Gasteiger partial charge >= 0.3 is 0 Å². The fraction of sp³-hybridized carbons (Fsp3) is 0.824. The third-order valence-corrected chi connectivity index (χ3v) is 3.84. The van der Waals surface area contributed by atoms with Gasteiger partial charge in [-0.25, -0.2) is 0 Å². The second-order valence-electron chi connectivity index (χ2n) is 6.86. The van der Waals surface area contributed by atoms with Gasteiger partial charge in [0.25, 0.3) is 0 Å². The average Bonchev–Trinajstić information content (AvgIpc) is 2.54. The number of carbonyl (C=O) groups excluding carboxylic acids is 3. The first-order chi connectivity index (χ1) is 11.5. The zero-order chi connectivity index (χ0) is 19.5. The molecular weight excluding hydrogens is 326 g/mol. The van der Waals surface area contributed by atoms with Crippen molar-refractivity contribution in [2.45, 2.75) is 52.1 Å². The maximum atomic E-state index is 12.0. The molecule has 8 heteroatoms. The largest absolute Gasteiger partial charge is 0.378 e. The quantitative estimate of drug-likeness (QED) is 0.346. The van der Waals surface area contributed by atoms with Crippen LogP contribution in [0.2, 0.25) is 0 Å². The van der Waals surface area contributed by atoms with Crippen LogP contribution in [-0.4, -0.2) is 68.1 Å². The lowest BCUT2D eigenvalue weighted by Crippen LogP contribution is -2.51. The summed E-state index contributed by atoms with van der Waals surface area (Å²) in [5.74, 6) is -0.537. The Morgan fingerprint density at radius 1 is 0.880 bits per heavy atom. The molecule has 0 aromatic rings. The normalized spacial score (nSPS) is 12.2. The van der Waals surface area contributed by atoms with Crippen LogP contribution in [0.25, 0.3) is 0 Å². The molecule has 0 saturated carbocycles. The van der Waals surface area contributed by atoms with Crippen LogP contribution in [-0.2, 0) is 23.9 Å². The fourth-order valence-corrected chi connectivity index (χ4v) is 1.95. The van der Waals surface area contributed by atoms with Gasteiger partial charge in [0.1, 0.15) is 6.61 Å². The molecule has 25 heavy (non-hydrogen) atoms. The van der Waals surface area contributed by atoms with E-state index in [1.807, 2.05) is 20.8 Å². The smallest absolute Gasteiger partial charge is 0.231 e. The Morgan fingerprint density at radius 3 is 2.00 bits per heavy atom. The number of nitrogens with two attached hydrogens (primary N) is 1. The first-order valence-corrected chi connectivity index (χ1v) is 8.53. The van der Waals surface area contributed by atoms with E-state index in [2.05, 4.69) is 10.6 Å². The van der Waals surface area contributed by atoms with Crippen molar-refractivity contribution in [3.8, 4) is 0 Å². The van der Waals surface area contributed by atoms with Gasteiger partial charge in [-0.15, -0.1) is 0 Å². The minimum atomic E-state index is -0.878. The highest BCUT2D eigenvalue weighted by molar-refractivity contribution is 5.89. The Balaban J connectivity index is 3.78. The van der Waals surface area contributed by atoms with E-state index in [0.717, 1.165) is 0 Å². The number of ketones is 2. The van der Waals surface area contributed by atoms with Gasteiger partial charge in [0.15, 0.2) is 11.6 Å². The van der Waals surface area contributed by atoms with Crippen molar-refractivity contribution in [2.75, 3.05) is 39.5 Å². The Labute approximate surface area is 150 Å². The van der Waals surface area contributed by atoms with Gasteiger partial charge in [0, 0.05) is 13.0 Å². The van der Waals surface area contributed by atoms with Crippen LogP contribution in [0, 0.1) is 0 Å². The summed E-state index contributed by atoms with van der Waals surface area (Å²) in [5, 5.41) is 5.93. The summed E-state index contributed by atoms with van der Waals surface area (Å²) >= 11 is 0. The molecular formula is C17H33N3O5. The summed E-state index contributed by atoms with van der Waals surface area (Å²) in [7, 11) is 0. The van der Waals surface area contributed by atoms with Crippen molar-refractivity contribution in [3.63, 3.8) is 0 Å². The van der Waals surface area contributed by atoms with Crippen molar-refractivity contribution in [3.05, 3.63) is 0 Å². The van der Waals surface area contributed by atoms with Crippen molar-refractivity contribution in [1.29, 1.82) is 0 Å². The summed E-state index contributed by atoms with van der Waals surface area (Å²) in [5.41, 5.74) is 3.62. The van der Waals surface area contributed by atoms with Crippen LogP contribution >= 0.6 is 0 Å². The molecule has 0 fully saturated rings. The van der Waals surface area contributed by atoms with E-state index in [-0.39, 0.29) is 31.3 Å². The maximum Gasteiger partial charge on any atom is 0.231 e. The van der Waals surface area contributed by atoms with Gasteiger partial charge in [-0.1, -0.05) is 6.92 Å². The molecule has 1 amide bonds. The predicted octanol–water partition coefficient (Wildman–Crippen LogP) is -0.210. The summed E-state index contributed by atoms with van der Waals surface area (Å²) in [6.07, 6.45) is 0.493. The van der Waals surface area contributed by atoms with Crippen molar-refractivity contribution >= 4 is 17.5 Å². The molecule has 4 N–H and O–H groups in total. The lowest BCUT2D eigenvalue weighted by Gasteiger charge is -2.24. The molecule has 0 aliphatic rings. The number of hydrogen-bond donors (Lipinski definition) is 3. The monoisotopic (exact) mass is 359 g/mol. The van der Waals surface area contributed by atoms with Crippen LogP contribution in [0.15, 0.2) is 0 Å². The number of carbonyl (C=O) groups is 3. The third kappa shape index (κ3) is 10.3. The number of nitrogens with one attached hydrogen (secondary N) is 2. The van der Waals surface area contributed by atoms with Crippen molar-refractivity contribution < 1.29 is 23.9 Å². The fourth-order valence-electron chi connectivity index (χ4n) is 1.95. The lowest BCUT2D eigenvalue weighted by molar-refractivity contribution is -0.129. The Bertz CT molecular complexity index is 450. The van der Waals surface area contributed by atoms with Crippen LogP contribution in [0.1, 0.15) is 41.0 Å². The third-order valence-electron chi connectivity index (χ3n) is 3.84. The van der Waals surface area contributed by atoms with Gasteiger partial charge in [-0.05, 0) is 27.7 Å². The number of rotatable bonds is 15. The van der Waals surface area contributed by atoms with Crippen LogP contribution in [0.5, 0.6) is 0 Å². The Kier molecular flexibility index (Phi) is 10.7. The number of Topliss-reactive ketones (excluding diaryl/α,β-unsaturated/α-hetero) is 2. The second kappa shape index (κ2) is 11.3. The van der Waals surface area contributed by atoms with E-state index in [1.54, 1.807) is 13.8 Å². The van der Waals surface area contributed by atoms with Gasteiger partial charge in [0.2, 0.25) is 5.91 Å². The molecule has 0 radical (unpaired) electrons. The molecule has 146 valence electrons. The first kappa shape index (κ1) is 23.6. The molecule has 0 atom stereocenters. The second-order valence-corrected chi connectivity index (χ2v) is 6.86. The molecule has 0 aliphatic carbocycles. The average molecular weight is 359 g/mol. The molecule has 0 saturated heterocycles. The summed E-state index contributed by atoms with van der Waals surface area (Å²) in [6.45, 7) is 10.4. The minimum Gasteiger partial charge on any atom is -0.378 e. The Morgan fingerprint density at radius 2 is 1.44 bits per heavy atom. The minimum absolute atomic E-state index is 0.0638. The highest BCUT2D eigenvalue weighted by Gasteiger charge is 2.27. The van der Waals surface area contributed by atoms with Crippen molar-refractivity contribution in [1.82, 2.24) is 10.6 Å². The predicted molar refractivity (Wildman–Crippen MR) is 95.3 cm³/mol. The van der Waals surface area contributed by atoms with E-state index in [4.69, 9.17) is 15.2 Å². The van der Waals surface area contributed by atoms with E-state index in [0.29, 0.717) is 26.2 Å². The SMILES string of the molecule is CCC(=O)C(C)(C)NCCOCCOCC(=O)C(C)(C)NCC(N)=O. The molecule has 0 bridgehead atoms. The van der Waals surface area contributed by atoms with Gasteiger partial charge in [-0.2, -0.15) is 0 Å². The lowest BCUT2D eigenvalue weighted by atomic mass is 9.97. The number of ether oxygens (including phenoxy) is 2. The molecule has 0 unspecified atom stereocenters. The van der Waals surface area contributed by atoms with Crippen LogP contribution < -0.4 is 16.4 Å². The molecule has 0 heterocycles. The Hall–Kier alpha value is -1.35. The topological polar surface area (TPSA) is 120 Å². The van der Waals surface area contributed by atoms with Gasteiger partial charge < -0.3 is 20.5 Å². The standard InChI is InChI=1S/C17H33N3O5/c1-6-13(21)16(2,3)19-7-8-24-9-10-25-12-14(22)17(4,5)20-11-15(18)23/h19-20H,6-12H2,1-5H3,(H2,18,23). The van der Waals surface area contributed by atoms with Crippen molar-refractivity contribution in [2.24, 2.45) is 5.73 Å². The van der Waals surface area contributed by atoms with E-state index in [1.165, 1.54) is 0 Å². The zero-order valence-corrected chi connectivity index (χ0v) is 16.1. The molecule has 0 aromatic carbocycles. The maximum absolute atomic E-state index is 12.0. The summed E-state index contributed by atoms with van der Waals surface area (Å²) in [4.78, 5) is 34.4. The van der Waals surface area contributed by atoms with Crippen LogP contribution in [0.3, 0.4) is 0 Å².